The average Bonchev–Trinajstić information content (AvgIpc) is 3.27. The minimum atomic E-state index is -3.96. The van der Waals surface area contributed by atoms with Gasteiger partial charge in [0, 0.05) is 19.3 Å². The average molecular weight is 499 g/mol. The molecule has 0 radical (unpaired) electrons. The lowest BCUT2D eigenvalue weighted by molar-refractivity contribution is -0.126. The van der Waals surface area contributed by atoms with Crippen molar-refractivity contribution < 1.29 is 22.7 Å². The number of benzene rings is 3. The molecule has 1 amide bonds. The van der Waals surface area contributed by atoms with Gasteiger partial charge in [0.2, 0.25) is 0 Å². The Morgan fingerprint density at radius 1 is 1.03 bits per heavy atom. The normalized spacial score (nSPS) is 13.8. The standard InChI is InChI=1S/C25H23ClN2O5S/c1-17(24(29)28-15-14-18-8-6-7-11-23(18)28)33-25(30)21-16-20(12-13-22(21)26)34(31,32)27(2)19-9-4-3-5-10-19/h3-13,16-17H,14-15H2,1-2H3. The van der Waals surface area contributed by atoms with E-state index < -0.39 is 22.1 Å². The lowest BCUT2D eigenvalue weighted by Gasteiger charge is -2.22. The topological polar surface area (TPSA) is 84.0 Å². The van der Waals surface area contributed by atoms with Crippen molar-refractivity contribution in [2.75, 3.05) is 22.8 Å². The number of rotatable bonds is 6. The first-order valence-electron chi connectivity index (χ1n) is 10.6. The molecule has 34 heavy (non-hydrogen) atoms. The number of ether oxygens (including phenoxy) is 1. The summed E-state index contributed by atoms with van der Waals surface area (Å²) in [5.41, 5.74) is 2.18. The van der Waals surface area contributed by atoms with Crippen LogP contribution in [0.4, 0.5) is 11.4 Å². The van der Waals surface area contributed by atoms with E-state index in [0.29, 0.717) is 12.2 Å². The van der Waals surface area contributed by atoms with Crippen LogP contribution in [0.3, 0.4) is 0 Å². The number of carbonyl (C=O) groups excluding carboxylic acids is 2. The molecule has 0 fully saturated rings. The van der Waals surface area contributed by atoms with Crippen LogP contribution < -0.4 is 9.21 Å². The van der Waals surface area contributed by atoms with Gasteiger partial charge in [0.05, 0.1) is 21.2 Å². The second kappa shape index (κ2) is 9.48. The van der Waals surface area contributed by atoms with E-state index in [1.165, 1.54) is 32.2 Å². The maximum absolute atomic E-state index is 13.1. The smallest absolute Gasteiger partial charge is 0.340 e. The molecule has 3 aromatic carbocycles. The third-order valence-corrected chi connectivity index (χ3v) is 7.83. The van der Waals surface area contributed by atoms with Gasteiger partial charge >= 0.3 is 5.97 Å². The molecule has 0 saturated carbocycles. The zero-order valence-electron chi connectivity index (χ0n) is 18.6. The molecule has 3 aromatic rings. The first-order valence-corrected chi connectivity index (χ1v) is 12.5. The van der Waals surface area contributed by atoms with E-state index in [9.17, 15) is 18.0 Å². The van der Waals surface area contributed by atoms with Crippen LogP contribution in [0.2, 0.25) is 5.02 Å². The van der Waals surface area contributed by atoms with Crippen molar-refractivity contribution in [1.29, 1.82) is 0 Å². The number of sulfonamides is 1. The first kappa shape index (κ1) is 23.8. The molecule has 0 aliphatic carbocycles. The number of amides is 1. The molecule has 9 heteroatoms. The van der Waals surface area contributed by atoms with E-state index in [1.54, 1.807) is 35.2 Å². The number of para-hydroxylation sites is 2. The molecule has 1 atom stereocenters. The van der Waals surface area contributed by atoms with Gasteiger partial charge in [-0.25, -0.2) is 13.2 Å². The zero-order chi connectivity index (χ0) is 24.5. The van der Waals surface area contributed by atoms with Crippen molar-refractivity contribution in [2.45, 2.75) is 24.3 Å². The van der Waals surface area contributed by atoms with Crippen molar-refractivity contribution >= 4 is 44.9 Å². The summed E-state index contributed by atoms with van der Waals surface area (Å²) in [6.07, 6.45) is -0.356. The number of hydrogen-bond donors (Lipinski definition) is 0. The van der Waals surface area contributed by atoms with Crippen molar-refractivity contribution in [1.82, 2.24) is 0 Å². The maximum atomic E-state index is 13.1. The summed E-state index contributed by atoms with van der Waals surface area (Å²) >= 11 is 6.19. The Morgan fingerprint density at radius 3 is 2.44 bits per heavy atom. The highest BCUT2D eigenvalue weighted by molar-refractivity contribution is 7.92. The molecule has 7 nitrogen and oxygen atoms in total. The van der Waals surface area contributed by atoms with Crippen LogP contribution in [0.1, 0.15) is 22.8 Å². The molecule has 0 saturated heterocycles. The van der Waals surface area contributed by atoms with Crippen molar-refractivity contribution in [3.63, 3.8) is 0 Å². The number of carbonyl (C=O) groups is 2. The number of hydrogen-bond acceptors (Lipinski definition) is 5. The first-order chi connectivity index (χ1) is 16.2. The molecule has 0 spiro atoms. The van der Waals surface area contributed by atoms with Crippen LogP contribution in [-0.2, 0) is 26.0 Å². The summed E-state index contributed by atoms with van der Waals surface area (Å²) < 4.78 is 32.7. The van der Waals surface area contributed by atoms with E-state index in [1.807, 2.05) is 24.3 Å². The summed E-state index contributed by atoms with van der Waals surface area (Å²) in [6, 6.07) is 19.9. The van der Waals surface area contributed by atoms with Gasteiger partial charge in [-0.15, -0.1) is 0 Å². The van der Waals surface area contributed by atoms with Crippen LogP contribution in [0, 0.1) is 0 Å². The molecule has 1 heterocycles. The molecule has 0 bridgehead atoms. The van der Waals surface area contributed by atoms with Gasteiger partial charge in [0.25, 0.3) is 15.9 Å². The van der Waals surface area contributed by atoms with Gasteiger partial charge < -0.3 is 9.64 Å². The SMILES string of the molecule is CC(OC(=O)c1cc(S(=O)(=O)N(C)c2ccccc2)ccc1Cl)C(=O)N1CCc2ccccc21. The van der Waals surface area contributed by atoms with Crippen LogP contribution in [0.25, 0.3) is 0 Å². The summed E-state index contributed by atoms with van der Waals surface area (Å²) in [5.74, 6) is -1.24. The Bertz CT molecular complexity index is 1340. The molecule has 4 rings (SSSR count). The highest BCUT2D eigenvalue weighted by Crippen LogP contribution is 2.29. The van der Waals surface area contributed by atoms with Gasteiger partial charge in [0.15, 0.2) is 6.10 Å². The summed E-state index contributed by atoms with van der Waals surface area (Å²) in [4.78, 5) is 27.3. The predicted octanol–water partition coefficient (Wildman–Crippen LogP) is 4.30. The highest BCUT2D eigenvalue weighted by atomic mass is 35.5. The Labute approximate surface area is 203 Å². The monoisotopic (exact) mass is 498 g/mol. The van der Waals surface area contributed by atoms with Crippen molar-refractivity contribution in [3.05, 3.63) is 88.9 Å². The number of nitrogens with zero attached hydrogens (tertiary/aromatic N) is 2. The van der Waals surface area contributed by atoms with Gasteiger partial charge in [-0.2, -0.15) is 0 Å². The molecule has 176 valence electrons. The Morgan fingerprint density at radius 2 is 1.71 bits per heavy atom. The minimum Gasteiger partial charge on any atom is -0.449 e. The van der Waals surface area contributed by atoms with Gasteiger partial charge in [-0.05, 0) is 55.3 Å². The predicted molar refractivity (Wildman–Crippen MR) is 131 cm³/mol. The quantitative estimate of drug-likeness (QED) is 0.473. The number of fused-ring (bicyclic) bond motifs is 1. The van der Waals surface area contributed by atoms with Gasteiger partial charge in [0.1, 0.15) is 0 Å². The summed E-state index contributed by atoms with van der Waals surface area (Å²) in [5, 5.41) is 0.0254. The molecule has 1 aliphatic heterocycles. The van der Waals surface area contributed by atoms with Crippen LogP contribution >= 0.6 is 11.6 Å². The van der Waals surface area contributed by atoms with E-state index in [2.05, 4.69) is 0 Å². The fourth-order valence-electron chi connectivity index (χ4n) is 3.82. The van der Waals surface area contributed by atoms with E-state index in [-0.39, 0.29) is 21.4 Å². The number of anilines is 2. The highest BCUT2D eigenvalue weighted by Gasteiger charge is 2.31. The largest absolute Gasteiger partial charge is 0.449 e. The van der Waals surface area contributed by atoms with Crippen molar-refractivity contribution in [2.24, 2.45) is 0 Å². The van der Waals surface area contributed by atoms with Gasteiger partial charge in [-0.3, -0.25) is 9.10 Å². The zero-order valence-corrected chi connectivity index (χ0v) is 20.2. The lowest BCUT2D eigenvalue weighted by atomic mass is 10.2. The third kappa shape index (κ3) is 4.51. The van der Waals surface area contributed by atoms with Crippen LogP contribution in [0.5, 0.6) is 0 Å². The lowest BCUT2D eigenvalue weighted by Crippen LogP contribution is -2.39. The summed E-state index contributed by atoms with van der Waals surface area (Å²) in [6.45, 7) is 1.99. The molecular formula is C25H23ClN2O5S. The maximum Gasteiger partial charge on any atom is 0.340 e. The van der Waals surface area contributed by atoms with Crippen molar-refractivity contribution in [3.8, 4) is 0 Å². The Hall–Kier alpha value is -3.36. The fraction of sp³-hybridized carbons (Fsp3) is 0.200. The molecular weight excluding hydrogens is 476 g/mol. The third-order valence-electron chi connectivity index (χ3n) is 5.72. The second-order valence-corrected chi connectivity index (χ2v) is 10.2. The summed E-state index contributed by atoms with van der Waals surface area (Å²) in [7, 11) is -2.54. The molecule has 0 aromatic heterocycles. The second-order valence-electron chi connectivity index (χ2n) is 7.87. The minimum absolute atomic E-state index is 0.0254. The van der Waals surface area contributed by atoms with Crippen LogP contribution in [-0.4, -0.2) is 40.0 Å². The Balaban J connectivity index is 1.54. The fourth-order valence-corrected chi connectivity index (χ4v) is 5.23. The van der Waals surface area contributed by atoms with Crippen LogP contribution in [0.15, 0.2) is 77.7 Å². The number of halogens is 1. The molecule has 1 aliphatic rings. The Kier molecular flexibility index (Phi) is 6.63. The van der Waals surface area contributed by atoms with E-state index >= 15 is 0 Å². The van der Waals surface area contributed by atoms with Gasteiger partial charge in [-0.1, -0.05) is 48.0 Å². The van der Waals surface area contributed by atoms with E-state index in [4.69, 9.17) is 16.3 Å². The molecule has 0 N–H and O–H groups in total. The van der Waals surface area contributed by atoms with E-state index in [0.717, 1.165) is 22.0 Å². The number of esters is 1. The molecule has 1 unspecified atom stereocenters.